The summed E-state index contributed by atoms with van der Waals surface area (Å²) in [6.45, 7) is 4.65. The van der Waals surface area contributed by atoms with E-state index in [1.165, 1.54) is 12.1 Å². The Morgan fingerprint density at radius 2 is 2.04 bits per heavy atom. The predicted molar refractivity (Wildman–Crippen MR) is 85.6 cm³/mol. The number of hydrogen-bond acceptors (Lipinski definition) is 3. The van der Waals surface area contributed by atoms with Crippen LogP contribution >= 0.6 is 0 Å². The number of amides is 1. The third-order valence-corrected chi connectivity index (χ3v) is 3.40. The fourth-order valence-electron chi connectivity index (χ4n) is 2.23. The maximum Gasteiger partial charge on any atom is 0.271 e. The van der Waals surface area contributed by atoms with Gasteiger partial charge in [0, 0.05) is 30.7 Å². The number of hydrogen-bond donors (Lipinski definition) is 1. The molecule has 0 aliphatic rings. The number of nitrogens with zero attached hydrogens (tertiary/aromatic N) is 3. The van der Waals surface area contributed by atoms with Crippen molar-refractivity contribution in [3.8, 4) is 11.3 Å². The summed E-state index contributed by atoms with van der Waals surface area (Å²) in [5, 5.41) is 2.84. The van der Waals surface area contributed by atoms with E-state index in [-0.39, 0.29) is 11.7 Å². The molecule has 3 rings (SSSR count). The molecule has 0 fully saturated rings. The van der Waals surface area contributed by atoms with Crippen molar-refractivity contribution < 1.29 is 9.18 Å². The van der Waals surface area contributed by atoms with E-state index in [1.54, 1.807) is 35.1 Å². The van der Waals surface area contributed by atoms with Crippen molar-refractivity contribution in [2.24, 2.45) is 5.92 Å². The molecular formula is C17H17FN4O. The van der Waals surface area contributed by atoms with Crippen LogP contribution in [0.5, 0.6) is 0 Å². The second-order valence-electron chi connectivity index (χ2n) is 5.74. The lowest BCUT2D eigenvalue weighted by Crippen LogP contribution is -2.27. The molecule has 2 heterocycles. The van der Waals surface area contributed by atoms with Crippen LogP contribution in [0.15, 0.2) is 42.9 Å². The zero-order valence-corrected chi connectivity index (χ0v) is 13.0. The summed E-state index contributed by atoms with van der Waals surface area (Å²) in [4.78, 5) is 20.9. The number of carbonyl (C=O) groups is 1. The fraction of sp³-hybridized carbons (Fsp3) is 0.235. The van der Waals surface area contributed by atoms with E-state index in [0.29, 0.717) is 29.5 Å². The smallest absolute Gasteiger partial charge is 0.271 e. The Morgan fingerprint density at radius 3 is 2.74 bits per heavy atom. The summed E-state index contributed by atoms with van der Waals surface area (Å²) in [7, 11) is 0. The van der Waals surface area contributed by atoms with Crippen molar-refractivity contribution in [2.45, 2.75) is 13.8 Å². The van der Waals surface area contributed by atoms with Gasteiger partial charge in [-0.05, 0) is 30.2 Å². The van der Waals surface area contributed by atoms with Gasteiger partial charge in [-0.1, -0.05) is 13.8 Å². The van der Waals surface area contributed by atoms with Gasteiger partial charge in [0.2, 0.25) is 0 Å². The van der Waals surface area contributed by atoms with E-state index < -0.39 is 0 Å². The molecule has 0 aliphatic carbocycles. The Balaban J connectivity index is 1.98. The molecule has 1 N–H and O–H groups in total. The molecule has 0 saturated carbocycles. The minimum atomic E-state index is -0.308. The summed E-state index contributed by atoms with van der Waals surface area (Å²) < 4.78 is 14.8. The fourth-order valence-corrected chi connectivity index (χ4v) is 2.23. The molecule has 0 spiro atoms. The van der Waals surface area contributed by atoms with Gasteiger partial charge in [0.25, 0.3) is 5.91 Å². The van der Waals surface area contributed by atoms with Crippen LogP contribution in [0.1, 0.15) is 24.3 Å². The standard InChI is InChI=1S/C17H17FN4O/c1-11(2)9-20-17(23)14-10-22-8-7-19-15(16(22)21-14)12-3-5-13(18)6-4-12/h3-8,10-11H,9H2,1-2H3,(H,20,23). The van der Waals surface area contributed by atoms with Crippen LogP contribution in [0, 0.1) is 11.7 Å². The van der Waals surface area contributed by atoms with E-state index in [1.807, 2.05) is 13.8 Å². The Kier molecular flexibility index (Phi) is 4.06. The highest BCUT2D eigenvalue weighted by molar-refractivity contribution is 5.93. The second-order valence-corrected chi connectivity index (χ2v) is 5.74. The van der Waals surface area contributed by atoms with Crippen LogP contribution < -0.4 is 5.32 Å². The monoisotopic (exact) mass is 312 g/mol. The molecule has 0 atom stereocenters. The Hall–Kier alpha value is -2.76. The topological polar surface area (TPSA) is 59.3 Å². The summed E-state index contributed by atoms with van der Waals surface area (Å²) >= 11 is 0. The largest absolute Gasteiger partial charge is 0.350 e. The van der Waals surface area contributed by atoms with Gasteiger partial charge >= 0.3 is 0 Å². The summed E-state index contributed by atoms with van der Waals surface area (Å²) in [6, 6.07) is 6.04. The number of halogens is 1. The van der Waals surface area contributed by atoms with Crippen LogP contribution in [0.4, 0.5) is 4.39 Å². The SMILES string of the molecule is CC(C)CNC(=O)c1cn2ccnc(-c3ccc(F)cc3)c2n1. The summed E-state index contributed by atoms with van der Waals surface area (Å²) in [5.41, 5.74) is 2.25. The second kappa shape index (κ2) is 6.16. The molecule has 0 radical (unpaired) electrons. The van der Waals surface area contributed by atoms with Crippen molar-refractivity contribution >= 4 is 11.6 Å². The van der Waals surface area contributed by atoms with Crippen LogP contribution in [0.3, 0.4) is 0 Å². The molecule has 5 nitrogen and oxygen atoms in total. The lowest BCUT2D eigenvalue weighted by molar-refractivity contribution is 0.0944. The number of imidazole rings is 1. The average Bonchev–Trinajstić information content (AvgIpc) is 2.97. The Morgan fingerprint density at radius 1 is 1.30 bits per heavy atom. The third-order valence-electron chi connectivity index (χ3n) is 3.40. The van der Waals surface area contributed by atoms with E-state index in [2.05, 4.69) is 15.3 Å². The zero-order valence-electron chi connectivity index (χ0n) is 13.0. The zero-order chi connectivity index (χ0) is 16.4. The molecule has 118 valence electrons. The van der Waals surface area contributed by atoms with Gasteiger partial charge in [0.15, 0.2) is 5.65 Å². The van der Waals surface area contributed by atoms with Crippen molar-refractivity contribution in [2.75, 3.05) is 6.54 Å². The first-order valence-corrected chi connectivity index (χ1v) is 7.42. The highest BCUT2D eigenvalue weighted by Crippen LogP contribution is 2.22. The first-order chi connectivity index (χ1) is 11.0. The molecule has 2 aromatic heterocycles. The minimum absolute atomic E-state index is 0.215. The van der Waals surface area contributed by atoms with Gasteiger partial charge in [-0.3, -0.25) is 9.78 Å². The molecule has 0 bridgehead atoms. The van der Waals surface area contributed by atoms with Gasteiger partial charge in [0.05, 0.1) is 0 Å². The number of rotatable bonds is 4. The highest BCUT2D eigenvalue weighted by atomic mass is 19.1. The minimum Gasteiger partial charge on any atom is -0.350 e. The number of carbonyl (C=O) groups excluding carboxylic acids is 1. The Labute approximate surface area is 133 Å². The number of aromatic nitrogens is 3. The van der Waals surface area contributed by atoms with Crippen LogP contribution in [-0.2, 0) is 0 Å². The molecule has 1 aromatic carbocycles. The predicted octanol–water partition coefficient (Wildman–Crippen LogP) is 2.92. The maximum absolute atomic E-state index is 13.1. The van der Waals surface area contributed by atoms with Crippen molar-refractivity contribution in [1.29, 1.82) is 0 Å². The van der Waals surface area contributed by atoms with E-state index in [0.717, 1.165) is 5.56 Å². The van der Waals surface area contributed by atoms with E-state index >= 15 is 0 Å². The van der Waals surface area contributed by atoms with Gasteiger partial charge in [-0.15, -0.1) is 0 Å². The van der Waals surface area contributed by atoms with Gasteiger partial charge in [-0.2, -0.15) is 0 Å². The normalized spacial score (nSPS) is 11.1. The molecule has 6 heteroatoms. The molecule has 1 amide bonds. The quantitative estimate of drug-likeness (QED) is 0.806. The molecule has 3 aromatic rings. The number of nitrogens with one attached hydrogen (secondary N) is 1. The number of fused-ring (bicyclic) bond motifs is 1. The maximum atomic E-state index is 13.1. The summed E-state index contributed by atoms with van der Waals surface area (Å²) in [6.07, 6.45) is 5.03. The lowest BCUT2D eigenvalue weighted by Gasteiger charge is -2.04. The van der Waals surface area contributed by atoms with Gasteiger partial charge < -0.3 is 9.72 Å². The van der Waals surface area contributed by atoms with Crippen molar-refractivity contribution in [3.63, 3.8) is 0 Å². The Bertz CT molecular complexity index is 839. The first kappa shape index (κ1) is 15.1. The summed E-state index contributed by atoms with van der Waals surface area (Å²) in [5.74, 6) is -0.155. The molecule has 0 unspecified atom stereocenters. The number of benzene rings is 1. The average molecular weight is 312 g/mol. The van der Waals surface area contributed by atoms with Gasteiger partial charge in [0.1, 0.15) is 17.2 Å². The molecule has 0 aliphatic heterocycles. The third kappa shape index (κ3) is 3.21. The first-order valence-electron chi connectivity index (χ1n) is 7.42. The molecular weight excluding hydrogens is 295 g/mol. The molecule has 23 heavy (non-hydrogen) atoms. The van der Waals surface area contributed by atoms with Crippen LogP contribution in [0.25, 0.3) is 16.9 Å². The van der Waals surface area contributed by atoms with Crippen LogP contribution in [0.2, 0.25) is 0 Å². The van der Waals surface area contributed by atoms with Crippen molar-refractivity contribution in [3.05, 3.63) is 54.4 Å². The molecule has 0 saturated heterocycles. The van der Waals surface area contributed by atoms with Crippen LogP contribution in [-0.4, -0.2) is 26.8 Å². The van der Waals surface area contributed by atoms with Gasteiger partial charge in [-0.25, -0.2) is 9.37 Å². The van der Waals surface area contributed by atoms with Crippen molar-refractivity contribution in [1.82, 2.24) is 19.7 Å². The lowest BCUT2D eigenvalue weighted by atomic mass is 10.1. The van der Waals surface area contributed by atoms with E-state index in [4.69, 9.17) is 0 Å². The highest BCUT2D eigenvalue weighted by Gasteiger charge is 2.14. The van der Waals surface area contributed by atoms with E-state index in [9.17, 15) is 9.18 Å².